The SMILES string of the molecule is CC1=CC(N(C2=CC=CCOC2)c2cccc3c2C=CCC3)CC=C1c1ccc(N(c2ccccc2)c2cccc3ccccc23)cc1C. The van der Waals surface area contributed by atoms with Crippen molar-refractivity contribution in [3.63, 3.8) is 0 Å². The lowest BCUT2D eigenvalue weighted by molar-refractivity contribution is 0.186. The summed E-state index contributed by atoms with van der Waals surface area (Å²) in [7, 11) is 0. The second-order valence-electron chi connectivity index (χ2n) is 13.2. The van der Waals surface area contributed by atoms with Crippen LogP contribution in [0.4, 0.5) is 22.7 Å². The lowest BCUT2D eigenvalue weighted by Crippen LogP contribution is -2.36. The Morgan fingerprint density at radius 2 is 1.57 bits per heavy atom. The van der Waals surface area contributed by atoms with Gasteiger partial charge in [0.25, 0.3) is 0 Å². The number of para-hydroxylation sites is 1. The summed E-state index contributed by atoms with van der Waals surface area (Å²) in [6.07, 6.45) is 19.1. The first-order chi connectivity index (χ1) is 24.2. The third-order valence-electron chi connectivity index (χ3n) is 10.0. The summed E-state index contributed by atoms with van der Waals surface area (Å²) in [5.74, 6) is 0. The molecule has 1 atom stereocenters. The number of hydrogen-bond acceptors (Lipinski definition) is 3. The van der Waals surface area contributed by atoms with Crippen LogP contribution in [0.3, 0.4) is 0 Å². The quantitative estimate of drug-likeness (QED) is 0.176. The highest BCUT2D eigenvalue weighted by molar-refractivity contribution is 5.99. The standard InChI is InChI=1S/C46H42N2O/c1-33-30-38(47(37-18-4-3-5-19-37)45-23-12-16-35-14-6-8-21-43(35)45)25-27-41(33)42-28-26-39(31-34(42)2)48(40-20-10-11-29-49-32-40)46-24-13-17-36-15-7-9-22-44(36)46/h3-6,8-14,16-25,27-28,30-31,39H,7,15,26,29,32H2,1-2H3. The average molecular weight is 639 g/mol. The van der Waals surface area contributed by atoms with Gasteiger partial charge >= 0.3 is 0 Å². The molecule has 0 spiro atoms. The summed E-state index contributed by atoms with van der Waals surface area (Å²) >= 11 is 0. The Balaban J connectivity index is 1.15. The Morgan fingerprint density at radius 3 is 2.45 bits per heavy atom. The van der Waals surface area contributed by atoms with E-state index in [0.29, 0.717) is 13.2 Å². The molecule has 1 heterocycles. The first-order valence-electron chi connectivity index (χ1n) is 17.5. The molecule has 3 heteroatoms. The third kappa shape index (κ3) is 6.07. The van der Waals surface area contributed by atoms with Gasteiger partial charge in [0.2, 0.25) is 0 Å². The van der Waals surface area contributed by atoms with Crippen LogP contribution in [0.15, 0.2) is 157 Å². The van der Waals surface area contributed by atoms with E-state index in [2.05, 4.69) is 175 Å². The van der Waals surface area contributed by atoms with Crippen LogP contribution in [0, 0.1) is 6.92 Å². The number of benzene rings is 5. The smallest absolute Gasteiger partial charge is 0.0872 e. The van der Waals surface area contributed by atoms with Gasteiger partial charge in [0, 0.05) is 33.7 Å². The van der Waals surface area contributed by atoms with E-state index in [-0.39, 0.29) is 6.04 Å². The fraction of sp³-hybridized carbons (Fsp3) is 0.174. The molecule has 1 aliphatic heterocycles. The van der Waals surface area contributed by atoms with Gasteiger partial charge < -0.3 is 14.5 Å². The fourth-order valence-electron chi connectivity index (χ4n) is 7.72. The lowest BCUT2D eigenvalue weighted by atomic mass is 9.87. The van der Waals surface area contributed by atoms with Gasteiger partial charge in [0.1, 0.15) is 0 Å². The number of anilines is 4. The predicted octanol–water partition coefficient (Wildman–Crippen LogP) is 11.7. The summed E-state index contributed by atoms with van der Waals surface area (Å²) < 4.78 is 6.04. The van der Waals surface area contributed by atoms with E-state index in [9.17, 15) is 0 Å². The molecule has 5 aromatic rings. The molecule has 3 nitrogen and oxygen atoms in total. The zero-order chi connectivity index (χ0) is 33.2. The van der Waals surface area contributed by atoms with Gasteiger partial charge in [-0.05, 0) is 109 Å². The Labute approximate surface area is 290 Å². The van der Waals surface area contributed by atoms with Crippen LogP contribution in [0.5, 0.6) is 0 Å². The molecular weight excluding hydrogens is 597 g/mol. The molecule has 242 valence electrons. The van der Waals surface area contributed by atoms with E-state index in [0.717, 1.165) is 30.6 Å². The Kier molecular flexibility index (Phi) is 8.60. The van der Waals surface area contributed by atoms with Gasteiger partial charge in [0.05, 0.1) is 24.9 Å². The maximum atomic E-state index is 6.04. The minimum atomic E-state index is 0.187. The largest absolute Gasteiger partial charge is 0.371 e. The number of fused-ring (bicyclic) bond motifs is 2. The van der Waals surface area contributed by atoms with Crippen LogP contribution in [-0.2, 0) is 11.2 Å². The molecule has 0 amide bonds. The Hall–Kier alpha value is -5.38. The molecule has 8 rings (SSSR count). The summed E-state index contributed by atoms with van der Waals surface area (Å²) in [4.78, 5) is 4.91. The van der Waals surface area contributed by atoms with E-state index in [1.165, 1.54) is 61.2 Å². The predicted molar refractivity (Wildman–Crippen MR) is 208 cm³/mol. The highest BCUT2D eigenvalue weighted by Gasteiger charge is 2.27. The molecule has 0 fully saturated rings. The van der Waals surface area contributed by atoms with E-state index in [1.54, 1.807) is 0 Å². The molecule has 49 heavy (non-hydrogen) atoms. The molecule has 3 aliphatic rings. The van der Waals surface area contributed by atoms with Gasteiger partial charge in [-0.3, -0.25) is 0 Å². The van der Waals surface area contributed by atoms with Gasteiger partial charge in [-0.2, -0.15) is 0 Å². The molecule has 0 bridgehead atoms. The van der Waals surface area contributed by atoms with E-state index < -0.39 is 0 Å². The molecule has 0 saturated carbocycles. The van der Waals surface area contributed by atoms with E-state index in [1.807, 2.05) is 0 Å². The maximum Gasteiger partial charge on any atom is 0.0872 e. The molecule has 0 aromatic heterocycles. The molecule has 0 N–H and O–H groups in total. The van der Waals surface area contributed by atoms with Crippen LogP contribution in [0.2, 0.25) is 0 Å². The number of ether oxygens (including phenoxy) is 1. The number of rotatable bonds is 7. The molecular formula is C46H42N2O. The van der Waals surface area contributed by atoms with Crippen LogP contribution >= 0.6 is 0 Å². The minimum absolute atomic E-state index is 0.187. The summed E-state index contributed by atoms with van der Waals surface area (Å²) in [6, 6.07) is 39.8. The second-order valence-corrected chi connectivity index (χ2v) is 13.2. The Morgan fingerprint density at radius 1 is 0.755 bits per heavy atom. The summed E-state index contributed by atoms with van der Waals surface area (Å²) in [6.45, 7) is 5.76. The topological polar surface area (TPSA) is 15.7 Å². The average Bonchev–Trinajstić information content (AvgIpc) is 3.43. The van der Waals surface area contributed by atoms with Crippen LogP contribution in [0.1, 0.15) is 42.0 Å². The zero-order valence-corrected chi connectivity index (χ0v) is 28.3. The molecule has 0 saturated heterocycles. The van der Waals surface area contributed by atoms with Crippen molar-refractivity contribution in [2.45, 2.75) is 39.2 Å². The van der Waals surface area contributed by atoms with Gasteiger partial charge in [0.15, 0.2) is 0 Å². The zero-order valence-electron chi connectivity index (χ0n) is 28.3. The van der Waals surface area contributed by atoms with E-state index in [4.69, 9.17) is 4.74 Å². The highest BCUT2D eigenvalue weighted by atomic mass is 16.5. The number of hydrogen-bond donors (Lipinski definition) is 0. The van der Waals surface area contributed by atoms with Gasteiger partial charge in [-0.15, -0.1) is 0 Å². The minimum Gasteiger partial charge on any atom is -0.371 e. The molecule has 2 aliphatic carbocycles. The third-order valence-corrected chi connectivity index (χ3v) is 10.0. The number of allylic oxidation sites excluding steroid dienone is 5. The normalized spacial score (nSPS) is 17.1. The van der Waals surface area contributed by atoms with Crippen LogP contribution in [0.25, 0.3) is 22.4 Å². The van der Waals surface area contributed by atoms with Crippen LogP contribution < -0.4 is 9.80 Å². The van der Waals surface area contributed by atoms with Crippen molar-refractivity contribution in [1.82, 2.24) is 0 Å². The van der Waals surface area contributed by atoms with Crippen molar-refractivity contribution in [2.75, 3.05) is 23.0 Å². The van der Waals surface area contributed by atoms with Crippen molar-refractivity contribution in [3.05, 3.63) is 179 Å². The first-order valence-corrected chi connectivity index (χ1v) is 17.5. The summed E-state index contributed by atoms with van der Waals surface area (Å²) in [5.41, 5.74) is 13.9. The van der Waals surface area contributed by atoms with Crippen molar-refractivity contribution >= 4 is 45.2 Å². The molecule has 5 aromatic carbocycles. The molecule has 1 unspecified atom stereocenters. The van der Waals surface area contributed by atoms with Crippen LogP contribution in [-0.4, -0.2) is 19.3 Å². The first kappa shape index (κ1) is 30.9. The van der Waals surface area contributed by atoms with Crippen molar-refractivity contribution < 1.29 is 4.74 Å². The maximum absolute atomic E-state index is 6.04. The van der Waals surface area contributed by atoms with Crippen molar-refractivity contribution in [1.29, 1.82) is 0 Å². The highest BCUT2D eigenvalue weighted by Crippen LogP contribution is 2.42. The summed E-state index contributed by atoms with van der Waals surface area (Å²) in [5, 5.41) is 2.47. The fourth-order valence-corrected chi connectivity index (χ4v) is 7.72. The van der Waals surface area contributed by atoms with E-state index >= 15 is 0 Å². The molecule has 0 radical (unpaired) electrons. The number of aryl methyl sites for hydroxylation is 2. The van der Waals surface area contributed by atoms with Crippen molar-refractivity contribution in [2.24, 2.45) is 0 Å². The van der Waals surface area contributed by atoms with Gasteiger partial charge in [-0.1, -0.05) is 109 Å². The second kappa shape index (κ2) is 13.6. The lowest BCUT2D eigenvalue weighted by Gasteiger charge is -2.37. The van der Waals surface area contributed by atoms with Crippen molar-refractivity contribution in [3.8, 4) is 0 Å². The Bertz CT molecular complexity index is 2160. The number of nitrogens with zero attached hydrogens (tertiary/aromatic N) is 2. The monoisotopic (exact) mass is 638 g/mol. The van der Waals surface area contributed by atoms with Gasteiger partial charge in [-0.25, -0.2) is 0 Å².